The molecule has 6 heteroatoms. The highest BCUT2D eigenvalue weighted by Crippen LogP contribution is 2.29. The first-order valence-corrected chi connectivity index (χ1v) is 8.48. The van der Waals surface area contributed by atoms with Crippen LogP contribution in [0.15, 0.2) is 12.3 Å². The number of nitrogens with one attached hydrogen (secondary N) is 2. The highest BCUT2D eigenvalue weighted by Gasteiger charge is 2.33. The summed E-state index contributed by atoms with van der Waals surface area (Å²) >= 11 is 0. The first kappa shape index (κ1) is 14.5. The lowest BCUT2D eigenvalue weighted by Gasteiger charge is -2.33. The summed E-state index contributed by atoms with van der Waals surface area (Å²) in [6.45, 7) is 4.84. The van der Waals surface area contributed by atoms with Gasteiger partial charge in [-0.2, -0.15) is 4.98 Å². The van der Waals surface area contributed by atoms with Crippen LogP contribution in [0.4, 0.5) is 5.95 Å². The molecule has 0 unspecified atom stereocenters. The summed E-state index contributed by atoms with van der Waals surface area (Å²) in [6, 6.07) is 2.35. The number of carbonyl (C=O) groups is 1. The van der Waals surface area contributed by atoms with E-state index in [1.165, 1.54) is 32.1 Å². The third-order valence-electron chi connectivity index (χ3n) is 5.00. The molecule has 0 spiro atoms. The van der Waals surface area contributed by atoms with Gasteiger partial charge in [-0.15, -0.1) is 0 Å². The van der Waals surface area contributed by atoms with Crippen molar-refractivity contribution in [1.82, 2.24) is 19.9 Å². The second-order valence-electron chi connectivity index (χ2n) is 7.31. The molecule has 1 saturated carbocycles. The van der Waals surface area contributed by atoms with Crippen LogP contribution in [0.5, 0.6) is 0 Å². The van der Waals surface area contributed by atoms with Crippen molar-refractivity contribution in [2.75, 3.05) is 11.9 Å². The summed E-state index contributed by atoms with van der Waals surface area (Å²) in [4.78, 5) is 21.3. The van der Waals surface area contributed by atoms with Gasteiger partial charge in [-0.3, -0.25) is 4.79 Å². The second kappa shape index (κ2) is 5.22. The fourth-order valence-electron chi connectivity index (χ4n) is 3.73. The number of hydrogen-bond acceptors (Lipinski definition) is 4. The molecule has 0 saturated heterocycles. The molecule has 0 radical (unpaired) electrons. The number of rotatable bonds is 2. The van der Waals surface area contributed by atoms with Crippen molar-refractivity contribution < 1.29 is 4.79 Å². The number of aromatic nitrogens is 3. The number of carbonyl (C=O) groups excluding carboxylic acids is 1. The predicted octanol–water partition coefficient (Wildman–Crippen LogP) is 2.65. The maximum atomic E-state index is 12.1. The zero-order chi connectivity index (χ0) is 16.0. The Bertz CT molecular complexity index is 758. The summed E-state index contributed by atoms with van der Waals surface area (Å²) in [5.74, 6) is 0.635. The molecule has 2 aromatic rings. The van der Waals surface area contributed by atoms with Crippen molar-refractivity contribution in [3.8, 4) is 0 Å². The summed E-state index contributed by atoms with van der Waals surface area (Å²) in [7, 11) is 0. The number of anilines is 1. The zero-order valence-corrected chi connectivity index (χ0v) is 13.7. The summed E-state index contributed by atoms with van der Waals surface area (Å²) in [5.41, 5.74) is 1.31. The minimum atomic E-state index is -0.193. The Kier molecular flexibility index (Phi) is 3.28. The van der Waals surface area contributed by atoms with Gasteiger partial charge < -0.3 is 15.2 Å². The van der Waals surface area contributed by atoms with Crippen molar-refractivity contribution in [3.63, 3.8) is 0 Å². The number of amides is 1. The lowest BCUT2D eigenvalue weighted by Crippen LogP contribution is -2.48. The highest BCUT2D eigenvalue weighted by atomic mass is 16.2. The van der Waals surface area contributed by atoms with Gasteiger partial charge in [0.15, 0.2) is 0 Å². The van der Waals surface area contributed by atoms with Gasteiger partial charge >= 0.3 is 0 Å². The van der Waals surface area contributed by atoms with Crippen LogP contribution >= 0.6 is 0 Å². The van der Waals surface area contributed by atoms with Gasteiger partial charge in [0.1, 0.15) is 11.3 Å². The second-order valence-corrected chi connectivity index (χ2v) is 7.31. The average Bonchev–Trinajstić information content (AvgIpc) is 2.93. The van der Waals surface area contributed by atoms with Gasteiger partial charge in [0.25, 0.3) is 5.91 Å². The Hall–Kier alpha value is -2.11. The molecule has 6 nitrogen and oxygen atoms in total. The predicted molar refractivity (Wildman–Crippen MR) is 89.7 cm³/mol. The molecule has 0 atom stereocenters. The van der Waals surface area contributed by atoms with Crippen LogP contribution in [0.25, 0.3) is 11.0 Å². The van der Waals surface area contributed by atoms with Crippen LogP contribution in [0.1, 0.15) is 56.4 Å². The molecule has 3 heterocycles. The Morgan fingerprint density at radius 2 is 2.09 bits per heavy atom. The fraction of sp³-hybridized carbons (Fsp3) is 0.588. The Balaban J connectivity index is 1.74. The quantitative estimate of drug-likeness (QED) is 0.894. The van der Waals surface area contributed by atoms with Crippen molar-refractivity contribution in [2.45, 2.75) is 57.5 Å². The van der Waals surface area contributed by atoms with Crippen LogP contribution in [-0.4, -0.2) is 33.0 Å². The van der Waals surface area contributed by atoms with Gasteiger partial charge in [-0.05, 0) is 32.8 Å². The minimum Gasteiger partial charge on any atom is -0.351 e. The van der Waals surface area contributed by atoms with E-state index in [0.29, 0.717) is 24.2 Å². The smallest absolute Gasteiger partial charge is 0.268 e. The van der Waals surface area contributed by atoms with Gasteiger partial charge in [0.2, 0.25) is 5.95 Å². The summed E-state index contributed by atoms with van der Waals surface area (Å²) in [5, 5.41) is 7.33. The van der Waals surface area contributed by atoms with Crippen LogP contribution in [0.2, 0.25) is 0 Å². The number of fused-ring (bicyclic) bond motifs is 3. The molecule has 1 aliphatic heterocycles. The monoisotopic (exact) mass is 313 g/mol. The number of hydrogen-bond donors (Lipinski definition) is 2. The Morgan fingerprint density at radius 3 is 2.87 bits per heavy atom. The molecule has 2 aliphatic rings. The topological polar surface area (TPSA) is 71.8 Å². The van der Waals surface area contributed by atoms with Gasteiger partial charge in [-0.1, -0.05) is 19.3 Å². The minimum absolute atomic E-state index is 0.0379. The Morgan fingerprint density at radius 1 is 1.30 bits per heavy atom. The fourth-order valence-corrected chi connectivity index (χ4v) is 3.73. The van der Waals surface area contributed by atoms with Gasteiger partial charge in [0, 0.05) is 24.2 Å². The third kappa shape index (κ3) is 2.46. The van der Waals surface area contributed by atoms with Crippen LogP contribution in [-0.2, 0) is 5.54 Å². The summed E-state index contributed by atoms with van der Waals surface area (Å²) in [6.07, 6.45) is 8.06. The van der Waals surface area contributed by atoms with E-state index >= 15 is 0 Å². The van der Waals surface area contributed by atoms with E-state index in [4.69, 9.17) is 4.98 Å². The van der Waals surface area contributed by atoms with Crippen LogP contribution in [0.3, 0.4) is 0 Å². The largest absolute Gasteiger partial charge is 0.351 e. The lowest BCUT2D eigenvalue weighted by molar-refractivity contribution is 0.0891. The van der Waals surface area contributed by atoms with E-state index in [0.717, 1.165) is 11.0 Å². The number of nitrogens with zero attached hydrogens (tertiary/aromatic N) is 3. The van der Waals surface area contributed by atoms with Crippen LogP contribution < -0.4 is 10.6 Å². The molecule has 0 aromatic carbocycles. The maximum Gasteiger partial charge on any atom is 0.268 e. The molecule has 23 heavy (non-hydrogen) atoms. The molecule has 4 rings (SSSR count). The van der Waals surface area contributed by atoms with E-state index < -0.39 is 0 Å². The molecule has 122 valence electrons. The van der Waals surface area contributed by atoms with Crippen molar-refractivity contribution >= 4 is 22.9 Å². The van der Waals surface area contributed by atoms with Gasteiger partial charge in [0.05, 0.1) is 5.54 Å². The first-order valence-electron chi connectivity index (χ1n) is 8.48. The standard InChI is InChI=1S/C17H23N5O/c1-17(2)10-19-15(23)13-8-11-9-18-16(21-14(11)22(13)17)20-12-6-4-3-5-7-12/h8-9,12H,3-7,10H2,1-2H3,(H,19,23)(H,18,20,21). The first-order chi connectivity index (χ1) is 11.0. The molecular formula is C17H23N5O. The van der Waals surface area contributed by atoms with Crippen molar-refractivity contribution in [1.29, 1.82) is 0 Å². The molecule has 2 aromatic heterocycles. The molecule has 2 N–H and O–H groups in total. The van der Waals surface area contributed by atoms with E-state index in [1.54, 1.807) is 0 Å². The van der Waals surface area contributed by atoms with Crippen LogP contribution in [0, 0.1) is 0 Å². The summed E-state index contributed by atoms with van der Waals surface area (Å²) < 4.78 is 2.05. The Labute approximate surface area is 135 Å². The van der Waals surface area contributed by atoms with E-state index in [9.17, 15) is 4.79 Å². The molecule has 0 bridgehead atoms. The average molecular weight is 313 g/mol. The maximum absolute atomic E-state index is 12.1. The van der Waals surface area contributed by atoms with Crippen molar-refractivity contribution in [2.24, 2.45) is 0 Å². The molecule has 1 amide bonds. The van der Waals surface area contributed by atoms with Gasteiger partial charge in [-0.25, -0.2) is 4.98 Å². The lowest BCUT2D eigenvalue weighted by atomic mass is 9.96. The zero-order valence-electron chi connectivity index (χ0n) is 13.7. The van der Waals surface area contributed by atoms with E-state index in [2.05, 4.69) is 34.0 Å². The van der Waals surface area contributed by atoms with Crippen molar-refractivity contribution in [3.05, 3.63) is 18.0 Å². The van der Waals surface area contributed by atoms with E-state index in [-0.39, 0.29) is 11.4 Å². The molecular weight excluding hydrogens is 290 g/mol. The molecule has 1 fully saturated rings. The normalized spacial score (nSPS) is 21.0. The van der Waals surface area contributed by atoms with E-state index in [1.807, 2.05) is 12.3 Å². The third-order valence-corrected chi connectivity index (χ3v) is 5.00. The SMILES string of the molecule is CC1(C)CNC(=O)c2cc3cnc(NC4CCCCC4)nc3n21. The highest BCUT2D eigenvalue weighted by molar-refractivity contribution is 5.99. The molecule has 1 aliphatic carbocycles.